The molecule has 1 aliphatic carbocycles. The van der Waals surface area contributed by atoms with Crippen LogP contribution in [0.4, 0.5) is 0 Å². The van der Waals surface area contributed by atoms with Crippen LogP contribution in [0.3, 0.4) is 0 Å². The maximum Gasteiger partial charge on any atom is 0.338 e. The number of nitrogens with zero attached hydrogens (tertiary/aromatic N) is 3. The molecule has 0 spiro atoms. The summed E-state index contributed by atoms with van der Waals surface area (Å²) in [7, 11) is 1.78. The lowest BCUT2D eigenvalue weighted by Gasteiger charge is -2.40. The minimum atomic E-state index is -0.220. The summed E-state index contributed by atoms with van der Waals surface area (Å²) in [5.74, 6) is 0.422. The van der Waals surface area contributed by atoms with Gasteiger partial charge < -0.3 is 14.4 Å². The first-order chi connectivity index (χ1) is 16.1. The molecule has 2 fully saturated rings. The number of carbonyl (C=O) groups is 1. The van der Waals surface area contributed by atoms with Gasteiger partial charge in [0.2, 0.25) is 0 Å². The summed E-state index contributed by atoms with van der Waals surface area (Å²) < 4.78 is 11.0. The molecule has 1 saturated heterocycles. The van der Waals surface area contributed by atoms with Gasteiger partial charge in [0.1, 0.15) is 12.8 Å². The van der Waals surface area contributed by atoms with E-state index in [1.807, 2.05) is 31.2 Å². The number of hydrogen-bond acceptors (Lipinski definition) is 6. The van der Waals surface area contributed by atoms with Crippen molar-refractivity contribution in [2.45, 2.75) is 51.9 Å². The average Bonchev–Trinajstić information content (AvgIpc) is 3.21. The van der Waals surface area contributed by atoms with Crippen molar-refractivity contribution >= 4 is 5.97 Å². The lowest BCUT2D eigenvalue weighted by molar-refractivity contribution is -0.0543. The lowest BCUT2D eigenvalue weighted by atomic mass is 9.83. The Morgan fingerprint density at radius 2 is 2.15 bits per heavy atom. The number of piperazine rings is 1. The normalized spacial score (nSPS) is 24.4. The molecule has 0 aromatic heterocycles. The van der Waals surface area contributed by atoms with E-state index in [1.54, 1.807) is 7.11 Å². The third kappa shape index (κ3) is 5.73. The van der Waals surface area contributed by atoms with Crippen LogP contribution >= 0.6 is 0 Å². The Morgan fingerprint density at radius 3 is 2.88 bits per heavy atom. The topological polar surface area (TPSA) is 65.8 Å². The second kappa shape index (κ2) is 11.1. The average molecular weight is 450 g/mol. The van der Waals surface area contributed by atoms with E-state index < -0.39 is 0 Å². The number of benzene rings is 1. The Balaban J connectivity index is 1.29. The quantitative estimate of drug-likeness (QED) is 0.462. The molecule has 1 aromatic rings. The van der Waals surface area contributed by atoms with Crippen LogP contribution in [-0.4, -0.2) is 61.8 Å². The number of rotatable bonds is 7. The first kappa shape index (κ1) is 23.7. The summed E-state index contributed by atoms with van der Waals surface area (Å²) in [5.41, 5.74) is 5.06. The zero-order valence-electron chi connectivity index (χ0n) is 19.9. The van der Waals surface area contributed by atoms with Crippen LogP contribution in [0.15, 0.2) is 41.5 Å². The molecule has 4 rings (SSSR count). The van der Waals surface area contributed by atoms with Gasteiger partial charge in [0.05, 0.1) is 17.2 Å². The molecule has 2 atom stereocenters. The highest BCUT2D eigenvalue weighted by atomic mass is 16.5. The first-order valence-electron chi connectivity index (χ1n) is 12.1. The fraction of sp³-hybridized carbons (Fsp3) is 0.556. The smallest absolute Gasteiger partial charge is 0.338 e. The molecule has 0 amide bonds. The number of ether oxygens (including phenoxy) is 2. The summed E-state index contributed by atoms with van der Waals surface area (Å²) >= 11 is 0. The van der Waals surface area contributed by atoms with Gasteiger partial charge in [-0.15, -0.1) is 0 Å². The second-order valence-electron chi connectivity index (χ2n) is 9.39. The monoisotopic (exact) mass is 449 g/mol. The van der Waals surface area contributed by atoms with Gasteiger partial charge in [-0.25, -0.2) is 4.79 Å². The van der Waals surface area contributed by atoms with Gasteiger partial charge in [0.25, 0.3) is 0 Å². The highest BCUT2D eigenvalue weighted by molar-refractivity contribution is 5.93. The van der Waals surface area contributed by atoms with Crippen LogP contribution in [-0.2, 0) is 22.5 Å². The molecule has 1 saturated carbocycles. The standard InChI is InChI=1S/C27H35N3O3/c1-3-5-23(17-28)22-7-4-6-21(15-22)18-29-10-12-30(13-11-29)26(32-2)16-20-8-9-25-24(14-20)19-33-27(25)31/h3,5,8-9,14,21,26H,4,6-7,10-13,15-16,18-19H2,1-2H3. The third-order valence-electron chi connectivity index (χ3n) is 7.22. The zero-order chi connectivity index (χ0) is 23.2. The number of fused-ring (bicyclic) bond motifs is 1. The van der Waals surface area contributed by atoms with Crippen LogP contribution in [0.2, 0.25) is 0 Å². The van der Waals surface area contributed by atoms with Crippen molar-refractivity contribution < 1.29 is 14.3 Å². The van der Waals surface area contributed by atoms with Crippen LogP contribution in [0.1, 0.15) is 54.1 Å². The predicted molar refractivity (Wildman–Crippen MR) is 127 cm³/mol. The van der Waals surface area contributed by atoms with E-state index in [0.717, 1.165) is 63.1 Å². The minimum absolute atomic E-state index is 0.0338. The van der Waals surface area contributed by atoms with Crippen LogP contribution in [0.5, 0.6) is 0 Å². The van der Waals surface area contributed by atoms with E-state index in [0.29, 0.717) is 18.1 Å². The Labute approximate surface area is 197 Å². The first-order valence-corrected chi connectivity index (χ1v) is 12.1. The Morgan fingerprint density at radius 1 is 1.33 bits per heavy atom. The summed E-state index contributed by atoms with van der Waals surface area (Å²) in [6.07, 6.45) is 9.33. The van der Waals surface area contributed by atoms with E-state index in [4.69, 9.17) is 9.47 Å². The maximum absolute atomic E-state index is 11.7. The molecule has 2 aliphatic heterocycles. The van der Waals surface area contributed by atoms with Gasteiger partial charge in [0, 0.05) is 51.8 Å². The van der Waals surface area contributed by atoms with Crippen molar-refractivity contribution in [2.24, 2.45) is 5.92 Å². The van der Waals surface area contributed by atoms with Crippen molar-refractivity contribution in [3.8, 4) is 6.07 Å². The largest absolute Gasteiger partial charge is 0.457 e. The molecule has 6 nitrogen and oxygen atoms in total. The van der Waals surface area contributed by atoms with Crippen molar-refractivity contribution in [2.75, 3.05) is 39.8 Å². The molecule has 1 aromatic carbocycles. The van der Waals surface area contributed by atoms with Crippen molar-refractivity contribution in [1.82, 2.24) is 9.80 Å². The Hall–Kier alpha value is -2.46. The second-order valence-corrected chi connectivity index (χ2v) is 9.39. The molecule has 3 aliphatic rings. The van der Waals surface area contributed by atoms with E-state index in [2.05, 4.69) is 21.9 Å². The Kier molecular flexibility index (Phi) is 7.97. The molecule has 0 bridgehead atoms. The van der Waals surface area contributed by atoms with Crippen molar-refractivity contribution in [3.05, 3.63) is 58.2 Å². The number of cyclic esters (lactones) is 1. The van der Waals surface area contributed by atoms with Gasteiger partial charge in [0.15, 0.2) is 0 Å². The molecule has 0 radical (unpaired) electrons. The number of methoxy groups -OCH3 is 1. The molecular formula is C27H35N3O3. The van der Waals surface area contributed by atoms with Crippen molar-refractivity contribution in [1.29, 1.82) is 5.26 Å². The number of esters is 1. The molecule has 176 valence electrons. The summed E-state index contributed by atoms with van der Waals surface area (Å²) in [6, 6.07) is 8.38. The summed E-state index contributed by atoms with van der Waals surface area (Å²) in [4.78, 5) is 16.7. The highest BCUT2D eigenvalue weighted by Gasteiger charge is 2.28. The fourth-order valence-corrected chi connectivity index (χ4v) is 5.43. The number of carbonyl (C=O) groups excluding carboxylic acids is 1. The molecular weight excluding hydrogens is 414 g/mol. The highest BCUT2D eigenvalue weighted by Crippen LogP contribution is 2.32. The summed E-state index contributed by atoms with van der Waals surface area (Å²) in [6.45, 7) is 7.53. The fourth-order valence-electron chi connectivity index (χ4n) is 5.43. The van der Waals surface area contributed by atoms with Gasteiger partial charge in [-0.3, -0.25) is 4.90 Å². The number of hydrogen-bond donors (Lipinski definition) is 0. The van der Waals surface area contributed by atoms with Gasteiger partial charge >= 0.3 is 5.97 Å². The van der Waals surface area contributed by atoms with Gasteiger partial charge in [-0.1, -0.05) is 23.8 Å². The molecule has 2 heterocycles. The number of allylic oxidation sites excluding steroid dienone is 4. The minimum Gasteiger partial charge on any atom is -0.457 e. The van der Waals surface area contributed by atoms with E-state index >= 15 is 0 Å². The summed E-state index contributed by atoms with van der Waals surface area (Å²) in [5, 5.41) is 9.48. The van der Waals surface area contributed by atoms with Gasteiger partial charge in [-0.2, -0.15) is 5.26 Å². The lowest BCUT2D eigenvalue weighted by Crippen LogP contribution is -2.52. The number of nitriles is 1. The predicted octanol–water partition coefficient (Wildman–Crippen LogP) is 4.08. The van der Waals surface area contributed by atoms with Crippen molar-refractivity contribution in [3.63, 3.8) is 0 Å². The molecule has 33 heavy (non-hydrogen) atoms. The Bertz CT molecular complexity index is 954. The van der Waals surface area contributed by atoms with E-state index in [1.165, 1.54) is 24.0 Å². The zero-order valence-corrected chi connectivity index (χ0v) is 19.9. The maximum atomic E-state index is 11.7. The van der Waals surface area contributed by atoms with Crippen LogP contribution < -0.4 is 0 Å². The molecule has 0 N–H and O–H groups in total. The molecule has 2 unspecified atom stereocenters. The third-order valence-corrected chi connectivity index (χ3v) is 7.22. The van der Waals surface area contributed by atoms with Gasteiger partial charge in [-0.05, 0) is 56.2 Å². The van der Waals surface area contributed by atoms with E-state index in [-0.39, 0.29) is 12.2 Å². The SMILES string of the molecule is CC=CC(C#N)=C1CCCC(CN2CCN(C(Cc3ccc4c(c3)COC4=O)OC)CC2)C1. The van der Waals surface area contributed by atoms with Crippen LogP contribution in [0, 0.1) is 17.2 Å². The van der Waals surface area contributed by atoms with E-state index in [9.17, 15) is 10.1 Å². The molecule has 6 heteroatoms. The van der Waals surface area contributed by atoms with Crippen LogP contribution in [0.25, 0.3) is 0 Å².